The molecule has 6 nitrogen and oxygen atoms in total. The fraction of sp³-hybridized carbons (Fsp3) is 0.0500. The van der Waals surface area contributed by atoms with Crippen molar-refractivity contribution in [2.24, 2.45) is 7.05 Å². The zero-order valence-electron chi connectivity index (χ0n) is 14.9. The van der Waals surface area contributed by atoms with Gasteiger partial charge in [0.1, 0.15) is 11.6 Å². The molecule has 4 rings (SSSR count). The molecular weight excluding hydrogens is 423 g/mol. The van der Waals surface area contributed by atoms with E-state index in [0.717, 1.165) is 16.9 Å². The van der Waals surface area contributed by atoms with Crippen LogP contribution in [0.5, 0.6) is 0 Å². The third-order valence-electron chi connectivity index (χ3n) is 3.96. The zero-order chi connectivity index (χ0) is 19.5. The van der Waals surface area contributed by atoms with Crippen molar-refractivity contribution >= 4 is 39.1 Å². The SMILES string of the molecule is Cn1ccc(-c2cccc(Nc3ncc(Br)c(Nc4cccc(F)c4)n3)c2)n1. The Bertz CT molecular complexity index is 1130. The number of rotatable bonds is 5. The minimum atomic E-state index is -0.320. The number of anilines is 4. The molecule has 0 atom stereocenters. The van der Waals surface area contributed by atoms with E-state index in [1.807, 2.05) is 43.6 Å². The molecule has 140 valence electrons. The van der Waals surface area contributed by atoms with Gasteiger partial charge < -0.3 is 10.6 Å². The highest BCUT2D eigenvalue weighted by Crippen LogP contribution is 2.27. The van der Waals surface area contributed by atoms with E-state index in [1.54, 1.807) is 23.0 Å². The Morgan fingerprint density at radius 1 is 1.00 bits per heavy atom. The van der Waals surface area contributed by atoms with Crippen molar-refractivity contribution in [1.29, 1.82) is 0 Å². The van der Waals surface area contributed by atoms with Crippen LogP contribution in [0.3, 0.4) is 0 Å². The zero-order valence-corrected chi connectivity index (χ0v) is 16.5. The summed E-state index contributed by atoms with van der Waals surface area (Å²) in [5, 5.41) is 10.7. The van der Waals surface area contributed by atoms with Gasteiger partial charge in [-0.3, -0.25) is 4.68 Å². The van der Waals surface area contributed by atoms with Gasteiger partial charge >= 0.3 is 0 Å². The summed E-state index contributed by atoms with van der Waals surface area (Å²) in [6.07, 6.45) is 3.54. The van der Waals surface area contributed by atoms with Crippen LogP contribution in [0.2, 0.25) is 0 Å². The van der Waals surface area contributed by atoms with Gasteiger partial charge in [-0.15, -0.1) is 0 Å². The highest BCUT2D eigenvalue weighted by Gasteiger charge is 2.08. The van der Waals surface area contributed by atoms with Gasteiger partial charge in [0, 0.05) is 36.4 Å². The standard InChI is InChI=1S/C20H16BrFN6/c1-28-9-8-18(27-28)13-4-2-6-15(10-13)25-20-23-12-17(21)19(26-20)24-16-7-3-5-14(22)11-16/h2-12H,1H3,(H2,23,24,25,26). The van der Waals surface area contributed by atoms with Gasteiger partial charge in [-0.25, -0.2) is 9.37 Å². The average molecular weight is 439 g/mol. The van der Waals surface area contributed by atoms with E-state index in [1.165, 1.54) is 12.1 Å². The normalized spacial score (nSPS) is 10.7. The Morgan fingerprint density at radius 2 is 1.79 bits per heavy atom. The number of hydrogen-bond donors (Lipinski definition) is 2. The molecular formula is C20H16BrFN6. The average Bonchev–Trinajstić information content (AvgIpc) is 3.11. The van der Waals surface area contributed by atoms with Crippen molar-refractivity contribution in [3.05, 3.63) is 77.3 Å². The molecule has 2 aromatic carbocycles. The van der Waals surface area contributed by atoms with E-state index in [-0.39, 0.29) is 5.82 Å². The van der Waals surface area contributed by atoms with Crippen molar-refractivity contribution in [3.63, 3.8) is 0 Å². The number of aryl methyl sites for hydroxylation is 1. The summed E-state index contributed by atoms with van der Waals surface area (Å²) in [7, 11) is 1.88. The molecule has 0 fully saturated rings. The summed E-state index contributed by atoms with van der Waals surface area (Å²) in [5.41, 5.74) is 3.31. The molecule has 0 aliphatic carbocycles. The Balaban J connectivity index is 1.57. The predicted molar refractivity (Wildman–Crippen MR) is 111 cm³/mol. The van der Waals surface area contributed by atoms with Gasteiger partial charge in [-0.1, -0.05) is 18.2 Å². The maximum atomic E-state index is 13.4. The van der Waals surface area contributed by atoms with Gasteiger partial charge in [-0.2, -0.15) is 10.1 Å². The third kappa shape index (κ3) is 4.17. The summed E-state index contributed by atoms with van der Waals surface area (Å²) < 4.78 is 15.8. The first kappa shape index (κ1) is 18.1. The molecule has 2 aromatic heterocycles. The first-order valence-electron chi connectivity index (χ1n) is 8.49. The van der Waals surface area contributed by atoms with Crippen LogP contribution in [0.15, 0.2) is 71.5 Å². The molecule has 28 heavy (non-hydrogen) atoms. The van der Waals surface area contributed by atoms with Gasteiger partial charge in [0.15, 0.2) is 0 Å². The molecule has 0 saturated heterocycles. The smallest absolute Gasteiger partial charge is 0.229 e. The van der Waals surface area contributed by atoms with Gasteiger partial charge in [0.05, 0.1) is 10.2 Å². The summed E-state index contributed by atoms with van der Waals surface area (Å²) in [6, 6.07) is 16.0. The van der Waals surface area contributed by atoms with Crippen LogP contribution >= 0.6 is 15.9 Å². The number of hydrogen-bond acceptors (Lipinski definition) is 5. The Kier molecular flexibility index (Phi) is 5.03. The van der Waals surface area contributed by atoms with Crippen LogP contribution in [-0.4, -0.2) is 19.7 Å². The number of aromatic nitrogens is 4. The fourth-order valence-corrected chi connectivity index (χ4v) is 2.96. The summed E-state index contributed by atoms with van der Waals surface area (Å²) in [5.74, 6) is 0.629. The minimum absolute atomic E-state index is 0.320. The lowest BCUT2D eigenvalue weighted by Gasteiger charge is -2.11. The van der Waals surface area contributed by atoms with E-state index in [9.17, 15) is 4.39 Å². The number of nitrogens with zero attached hydrogens (tertiary/aromatic N) is 4. The Morgan fingerprint density at radius 3 is 2.54 bits per heavy atom. The molecule has 0 unspecified atom stereocenters. The Hall–Kier alpha value is -3.26. The number of halogens is 2. The number of benzene rings is 2. The Labute approximate surface area is 169 Å². The topological polar surface area (TPSA) is 67.7 Å². The van der Waals surface area contributed by atoms with Crippen molar-refractivity contribution in [2.45, 2.75) is 0 Å². The van der Waals surface area contributed by atoms with Gasteiger partial charge in [0.25, 0.3) is 0 Å². The van der Waals surface area contributed by atoms with Gasteiger partial charge in [0.2, 0.25) is 5.95 Å². The van der Waals surface area contributed by atoms with Crippen molar-refractivity contribution < 1.29 is 4.39 Å². The number of nitrogens with one attached hydrogen (secondary N) is 2. The maximum Gasteiger partial charge on any atom is 0.229 e. The van der Waals surface area contributed by atoms with Crippen LogP contribution in [0.25, 0.3) is 11.3 Å². The lowest BCUT2D eigenvalue weighted by Crippen LogP contribution is -2.02. The summed E-state index contributed by atoms with van der Waals surface area (Å²) >= 11 is 3.42. The molecule has 0 radical (unpaired) electrons. The second-order valence-corrected chi connectivity index (χ2v) is 6.96. The highest BCUT2D eigenvalue weighted by atomic mass is 79.9. The van der Waals surface area contributed by atoms with E-state index >= 15 is 0 Å². The minimum Gasteiger partial charge on any atom is -0.339 e. The van der Waals surface area contributed by atoms with Crippen LogP contribution < -0.4 is 10.6 Å². The van der Waals surface area contributed by atoms with E-state index in [2.05, 4.69) is 41.6 Å². The molecule has 0 spiro atoms. The van der Waals surface area contributed by atoms with Crippen molar-refractivity contribution in [1.82, 2.24) is 19.7 Å². The predicted octanol–water partition coefficient (Wildman–Crippen LogP) is 5.27. The van der Waals surface area contributed by atoms with Crippen LogP contribution in [0.4, 0.5) is 27.5 Å². The van der Waals surface area contributed by atoms with Crippen LogP contribution in [-0.2, 0) is 7.05 Å². The van der Waals surface area contributed by atoms with Crippen LogP contribution in [0.1, 0.15) is 0 Å². The molecule has 0 amide bonds. The summed E-state index contributed by atoms with van der Waals surface area (Å²) in [6.45, 7) is 0. The largest absolute Gasteiger partial charge is 0.339 e. The van der Waals surface area contributed by atoms with Gasteiger partial charge in [-0.05, 0) is 52.3 Å². The molecule has 8 heteroatoms. The van der Waals surface area contributed by atoms with E-state index < -0.39 is 0 Å². The first-order valence-corrected chi connectivity index (χ1v) is 9.28. The molecule has 0 aliphatic rings. The van der Waals surface area contributed by atoms with Crippen molar-refractivity contribution in [3.8, 4) is 11.3 Å². The lowest BCUT2D eigenvalue weighted by atomic mass is 10.1. The molecule has 0 saturated carbocycles. The third-order valence-corrected chi connectivity index (χ3v) is 4.54. The maximum absolute atomic E-state index is 13.4. The summed E-state index contributed by atoms with van der Waals surface area (Å²) in [4.78, 5) is 8.77. The molecule has 4 aromatic rings. The second-order valence-electron chi connectivity index (χ2n) is 6.11. The van der Waals surface area contributed by atoms with E-state index in [4.69, 9.17) is 0 Å². The fourth-order valence-electron chi connectivity index (χ4n) is 2.67. The molecule has 0 aliphatic heterocycles. The van der Waals surface area contributed by atoms with Crippen LogP contribution in [0, 0.1) is 5.82 Å². The van der Waals surface area contributed by atoms with E-state index in [0.29, 0.717) is 21.9 Å². The highest BCUT2D eigenvalue weighted by molar-refractivity contribution is 9.10. The second kappa shape index (κ2) is 7.77. The molecule has 0 bridgehead atoms. The monoisotopic (exact) mass is 438 g/mol. The molecule has 2 heterocycles. The lowest BCUT2D eigenvalue weighted by molar-refractivity contribution is 0.628. The van der Waals surface area contributed by atoms with Crippen molar-refractivity contribution in [2.75, 3.05) is 10.6 Å². The molecule has 2 N–H and O–H groups in total. The first-order chi connectivity index (χ1) is 13.6. The quantitative estimate of drug-likeness (QED) is 0.444.